The van der Waals surface area contributed by atoms with Gasteiger partial charge in [0.1, 0.15) is 0 Å². The number of aromatic nitrogens is 2. The highest BCUT2D eigenvalue weighted by Gasteiger charge is 2.21. The molecule has 0 saturated heterocycles. The molecular formula is C22H25N3OS. The van der Waals surface area contributed by atoms with Crippen molar-refractivity contribution in [1.82, 2.24) is 14.7 Å². The third-order valence-corrected chi connectivity index (χ3v) is 5.72. The summed E-state index contributed by atoms with van der Waals surface area (Å²) in [5.41, 5.74) is 4.17. The van der Waals surface area contributed by atoms with Crippen LogP contribution in [0.3, 0.4) is 0 Å². The quantitative estimate of drug-likeness (QED) is 0.586. The lowest BCUT2D eigenvalue weighted by atomic mass is 10.2. The molecule has 0 saturated carbocycles. The van der Waals surface area contributed by atoms with E-state index in [1.165, 1.54) is 0 Å². The summed E-state index contributed by atoms with van der Waals surface area (Å²) >= 11 is 1.59. The van der Waals surface area contributed by atoms with Gasteiger partial charge in [0.2, 0.25) is 5.91 Å². The molecule has 0 spiro atoms. The van der Waals surface area contributed by atoms with Crippen LogP contribution in [0.1, 0.15) is 23.9 Å². The van der Waals surface area contributed by atoms with Crippen LogP contribution in [0, 0.1) is 13.8 Å². The molecule has 0 fully saturated rings. The molecule has 1 unspecified atom stereocenters. The number of hydrogen-bond acceptors (Lipinski definition) is 3. The van der Waals surface area contributed by atoms with Crippen molar-refractivity contribution < 1.29 is 4.79 Å². The fourth-order valence-electron chi connectivity index (χ4n) is 3.10. The zero-order valence-corrected chi connectivity index (χ0v) is 17.0. The minimum Gasteiger partial charge on any atom is -0.340 e. The molecule has 1 heterocycles. The molecule has 5 heteroatoms. The Balaban J connectivity index is 1.73. The molecule has 0 bridgehead atoms. The number of amides is 1. The molecule has 3 aromatic rings. The van der Waals surface area contributed by atoms with Crippen molar-refractivity contribution in [2.45, 2.75) is 37.5 Å². The van der Waals surface area contributed by atoms with E-state index >= 15 is 0 Å². The number of hydrogen-bond donors (Lipinski definition) is 0. The first-order chi connectivity index (χ1) is 13.0. The van der Waals surface area contributed by atoms with E-state index in [2.05, 4.69) is 12.0 Å². The Kier molecular flexibility index (Phi) is 6.01. The van der Waals surface area contributed by atoms with E-state index in [1.54, 1.807) is 16.7 Å². The number of thioether (sulfide) groups is 1. The molecule has 0 aliphatic heterocycles. The van der Waals surface area contributed by atoms with Gasteiger partial charge in [0.05, 0.1) is 16.6 Å². The van der Waals surface area contributed by atoms with E-state index < -0.39 is 0 Å². The smallest absolute Gasteiger partial charge is 0.235 e. The lowest BCUT2D eigenvalue weighted by Gasteiger charge is -2.21. The SMILES string of the molecule is Cc1nn(-c2ccccc2)c(C)c1CN(C)C(=O)C(C)Sc1ccccc1. The lowest BCUT2D eigenvalue weighted by Crippen LogP contribution is -2.33. The van der Waals surface area contributed by atoms with Crippen LogP contribution in [0.15, 0.2) is 65.6 Å². The number of para-hydroxylation sites is 1. The molecule has 4 nitrogen and oxygen atoms in total. The second-order valence-corrected chi connectivity index (χ2v) is 8.08. The van der Waals surface area contributed by atoms with Crippen molar-refractivity contribution in [2.75, 3.05) is 7.05 Å². The van der Waals surface area contributed by atoms with Crippen molar-refractivity contribution in [1.29, 1.82) is 0 Å². The lowest BCUT2D eigenvalue weighted by molar-refractivity contribution is -0.129. The van der Waals surface area contributed by atoms with Gasteiger partial charge in [-0.2, -0.15) is 5.10 Å². The Morgan fingerprint density at radius 1 is 1.07 bits per heavy atom. The van der Waals surface area contributed by atoms with Crippen molar-refractivity contribution in [3.8, 4) is 5.69 Å². The molecular weight excluding hydrogens is 354 g/mol. The summed E-state index contributed by atoms with van der Waals surface area (Å²) in [6, 6.07) is 20.1. The summed E-state index contributed by atoms with van der Waals surface area (Å²) in [5, 5.41) is 4.54. The number of rotatable bonds is 6. The van der Waals surface area contributed by atoms with E-state index in [9.17, 15) is 4.79 Å². The molecule has 1 atom stereocenters. The molecule has 0 aliphatic carbocycles. The molecule has 1 amide bonds. The number of carbonyl (C=O) groups is 1. The summed E-state index contributed by atoms with van der Waals surface area (Å²) < 4.78 is 1.95. The van der Waals surface area contributed by atoms with E-state index in [-0.39, 0.29) is 11.2 Å². The van der Waals surface area contributed by atoms with Crippen LogP contribution in [0.4, 0.5) is 0 Å². The minimum atomic E-state index is -0.137. The van der Waals surface area contributed by atoms with Crippen LogP contribution in [0.5, 0.6) is 0 Å². The summed E-state index contributed by atoms with van der Waals surface area (Å²) in [5.74, 6) is 0.120. The monoisotopic (exact) mass is 379 g/mol. The maximum atomic E-state index is 12.8. The van der Waals surface area contributed by atoms with E-state index in [4.69, 9.17) is 0 Å². The molecule has 140 valence electrons. The molecule has 2 aromatic carbocycles. The standard InChI is InChI=1S/C22H25N3OS/c1-16-21(17(2)25(23-16)19-11-7-5-8-12-19)15-24(4)22(26)18(3)27-20-13-9-6-10-14-20/h5-14,18H,15H2,1-4H3. The first-order valence-electron chi connectivity index (χ1n) is 9.04. The van der Waals surface area contributed by atoms with Crippen molar-refractivity contribution in [2.24, 2.45) is 0 Å². The van der Waals surface area contributed by atoms with Gasteiger partial charge in [-0.3, -0.25) is 4.79 Å². The van der Waals surface area contributed by atoms with Gasteiger partial charge in [0, 0.05) is 29.7 Å². The zero-order valence-electron chi connectivity index (χ0n) is 16.2. The number of aryl methyl sites for hydroxylation is 1. The molecule has 0 radical (unpaired) electrons. The van der Waals surface area contributed by atoms with Crippen LogP contribution < -0.4 is 0 Å². The second kappa shape index (κ2) is 8.44. The summed E-state index contributed by atoms with van der Waals surface area (Å²) in [6.45, 7) is 6.58. The Hall–Kier alpha value is -2.53. The van der Waals surface area contributed by atoms with Crippen LogP contribution >= 0.6 is 11.8 Å². The molecule has 27 heavy (non-hydrogen) atoms. The first kappa shape index (κ1) is 19.2. The summed E-state index contributed by atoms with van der Waals surface area (Å²) in [4.78, 5) is 15.7. The predicted molar refractivity (Wildman–Crippen MR) is 111 cm³/mol. The zero-order chi connectivity index (χ0) is 19.4. The Morgan fingerprint density at radius 2 is 1.67 bits per heavy atom. The van der Waals surface area contributed by atoms with E-state index in [0.717, 1.165) is 27.5 Å². The predicted octanol–water partition coefficient (Wildman–Crippen LogP) is 4.63. The molecule has 0 N–H and O–H groups in total. The molecule has 3 rings (SSSR count). The highest BCUT2D eigenvalue weighted by molar-refractivity contribution is 8.00. The average molecular weight is 380 g/mol. The van der Waals surface area contributed by atoms with E-state index in [0.29, 0.717) is 6.54 Å². The van der Waals surface area contributed by atoms with Gasteiger partial charge in [-0.05, 0) is 45.0 Å². The average Bonchev–Trinajstić information content (AvgIpc) is 2.97. The van der Waals surface area contributed by atoms with Crippen LogP contribution in [-0.4, -0.2) is 32.9 Å². The summed E-state index contributed by atoms with van der Waals surface area (Å²) in [7, 11) is 1.86. The Labute approximate surface area is 165 Å². The van der Waals surface area contributed by atoms with Crippen LogP contribution in [-0.2, 0) is 11.3 Å². The van der Waals surface area contributed by atoms with Gasteiger partial charge in [0.25, 0.3) is 0 Å². The largest absolute Gasteiger partial charge is 0.340 e. The maximum Gasteiger partial charge on any atom is 0.235 e. The highest BCUT2D eigenvalue weighted by atomic mass is 32.2. The van der Waals surface area contributed by atoms with Crippen molar-refractivity contribution in [3.05, 3.63) is 77.6 Å². The van der Waals surface area contributed by atoms with Gasteiger partial charge in [0.15, 0.2) is 0 Å². The normalized spacial score (nSPS) is 12.0. The summed E-state index contributed by atoms with van der Waals surface area (Å²) in [6.07, 6.45) is 0. The van der Waals surface area contributed by atoms with Gasteiger partial charge in [-0.25, -0.2) is 4.68 Å². The molecule has 1 aromatic heterocycles. The topological polar surface area (TPSA) is 38.1 Å². The second-order valence-electron chi connectivity index (χ2n) is 6.66. The highest BCUT2D eigenvalue weighted by Crippen LogP contribution is 2.25. The first-order valence-corrected chi connectivity index (χ1v) is 9.92. The molecule has 0 aliphatic rings. The maximum absolute atomic E-state index is 12.8. The Bertz CT molecular complexity index is 906. The number of nitrogens with zero attached hydrogens (tertiary/aromatic N) is 3. The van der Waals surface area contributed by atoms with Crippen molar-refractivity contribution in [3.63, 3.8) is 0 Å². The fraction of sp³-hybridized carbons (Fsp3) is 0.273. The van der Waals surface area contributed by atoms with Gasteiger partial charge < -0.3 is 4.90 Å². The third-order valence-electron chi connectivity index (χ3n) is 4.62. The van der Waals surface area contributed by atoms with Crippen LogP contribution in [0.25, 0.3) is 5.69 Å². The third kappa shape index (κ3) is 4.42. The van der Waals surface area contributed by atoms with Crippen molar-refractivity contribution >= 4 is 17.7 Å². The van der Waals surface area contributed by atoms with Gasteiger partial charge in [-0.1, -0.05) is 36.4 Å². The minimum absolute atomic E-state index is 0.120. The fourth-order valence-corrected chi connectivity index (χ4v) is 4.11. The van der Waals surface area contributed by atoms with Gasteiger partial charge in [-0.15, -0.1) is 11.8 Å². The number of benzene rings is 2. The van der Waals surface area contributed by atoms with Crippen LogP contribution in [0.2, 0.25) is 0 Å². The van der Waals surface area contributed by atoms with E-state index in [1.807, 2.05) is 86.2 Å². The van der Waals surface area contributed by atoms with Gasteiger partial charge >= 0.3 is 0 Å². The Morgan fingerprint density at radius 3 is 2.30 bits per heavy atom. The number of carbonyl (C=O) groups excluding carboxylic acids is 1.